The lowest BCUT2D eigenvalue weighted by Crippen LogP contribution is -2.41. The molecule has 0 aliphatic heterocycles. The van der Waals surface area contributed by atoms with Crippen LogP contribution in [0.25, 0.3) is 0 Å². The summed E-state index contributed by atoms with van der Waals surface area (Å²) in [6, 6.07) is 4.26. The summed E-state index contributed by atoms with van der Waals surface area (Å²) in [5.74, 6) is 1.54. The highest BCUT2D eigenvalue weighted by Crippen LogP contribution is 2.25. The van der Waals surface area contributed by atoms with E-state index in [0.29, 0.717) is 25.4 Å². The molecule has 7 heteroatoms. The molecule has 1 saturated carbocycles. The number of rotatable bonds is 7. The van der Waals surface area contributed by atoms with Crippen molar-refractivity contribution < 1.29 is 4.79 Å². The highest BCUT2D eigenvalue weighted by atomic mass is 127. The van der Waals surface area contributed by atoms with E-state index in [1.54, 1.807) is 18.4 Å². The van der Waals surface area contributed by atoms with Crippen LogP contribution in [0.2, 0.25) is 0 Å². The van der Waals surface area contributed by atoms with Crippen molar-refractivity contribution in [2.24, 2.45) is 10.9 Å². The molecule has 1 fully saturated rings. The van der Waals surface area contributed by atoms with Gasteiger partial charge in [0.1, 0.15) is 0 Å². The molecule has 0 aromatic carbocycles. The number of aryl methyl sites for hydroxylation is 1. The average Bonchev–Trinajstić information content (AvgIpc) is 3.00. The summed E-state index contributed by atoms with van der Waals surface area (Å²) in [5, 5.41) is 9.53. The summed E-state index contributed by atoms with van der Waals surface area (Å²) in [6.45, 7) is 4.19. The largest absolute Gasteiger partial charge is 0.355 e. The predicted octanol–water partition coefficient (Wildman–Crippen LogP) is 3.43. The molecule has 0 unspecified atom stereocenters. The first-order valence-corrected chi connectivity index (χ1v) is 9.75. The zero-order valence-corrected chi connectivity index (χ0v) is 18.4. The van der Waals surface area contributed by atoms with Gasteiger partial charge in [-0.1, -0.05) is 19.3 Å². The first-order valence-electron chi connectivity index (χ1n) is 8.94. The standard InChI is InChI=1S/C18H30N4OS.HI/c1-14-8-9-16(24-14)13-22-18(19-2)21-11-10-20-17(23)12-15-6-4-3-5-7-15;/h8-9,15H,3-7,10-13H2,1-2H3,(H,20,23)(H2,19,21,22);1H. The fourth-order valence-electron chi connectivity index (χ4n) is 3.08. The second-order valence-electron chi connectivity index (χ2n) is 6.42. The monoisotopic (exact) mass is 478 g/mol. The van der Waals surface area contributed by atoms with Gasteiger partial charge in [-0.25, -0.2) is 0 Å². The molecule has 1 amide bonds. The highest BCUT2D eigenvalue weighted by Gasteiger charge is 2.16. The van der Waals surface area contributed by atoms with E-state index in [0.717, 1.165) is 12.5 Å². The Morgan fingerprint density at radius 1 is 1.16 bits per heavy atom. The Bertz CT molecular complexity index is 541. The quantitative estimate of drug-likeness (QED) is 0.244. The highest BCUT2D eigenvalue weighted by molar-refractivity contribution is 14.0. The first-order chi connectivity index (χ1) is 11.7. The fourth-order valence-corrected chi connectivity index (χ4v) is 3.91. The minimum Gasteiger partial charge on any atom is -0.355 e. The van der Waals surface area contributed by atoms with E-state index in [1.165, 1.54) is 41.9 Å². The summed E-state index contributed by atoms with van der Waals surface area (Å²) in [4.78, 5) is 18.8. The van der Waals surface area contributed by atoms with Crippen LogP contribution in [0.1, 0.15) is 48.3 Å². The minimum absolute atomic E-state index is 0. The summed E-state index contributed by atoms with van der Waals surface area (Å²) in [5.41, 5.74) is 0. The Labute approximate surface area is 172 Å². The molecule has 1 aromatic rings. The Morgan fingerprint density at radius 2 is 1.88 bits per heavy atom. The summed E-state index contributed by atoms with van der Waals surface area (Å²) < 4.78 is 0. The maximum atomic E-state index is 12.0. The molecule has 1 aliphatic rings. The summed E-state index contributed by atoms with van der Waals surface area (Å²) in [7, 11) is 1.76. The van der Waals surface area contributed by atoms with Crippen LogP contribution in [0, 0.1) is 12.8 Å². The SMILES string of the molecule is CN=C(NCCNC(=O)CC1CCCCC1)NCc1ccc(C)s1.I. The number of carbonyl (C=O) groups is 1. The maximum Gasteiger partial charge on any atom is 0.220 e. The normalized spacial score (nSPS) is 15.4. The number of guanidine groups is 1. The number of nitrogens with zero attached hydrogens (tertiary/aromatic N) is 1. The Balaban J connectivity index is 0.00000312. The van der Waals surface area contributed by atoms with Gasteiger partial charge in [0.15, 0.2) is 5.96 Å². The number of halogens is 1. The smallest absolute Gasteiger partial charge is 0.220 e. The Hall–Kier alpha value is -0.830. The van der Waals surface area contributed by atoms with Crippen molar-refractivity contribution in [2.75, 3.05) is 20.1 Å². The zero-order chi connectivity index (χ0) is 17.2. The number of hydrogen-bond donors (Lipinski definition) is 3. The van der Waals surface area contributed by atoms with Crippen LogP contribution in [-0.2, 0) is 11.3 Å². The van der Waals surface area contributed by atoms with Gasteiger partial charge in [0.2, 0.25) is 5.91 Å². The van der Waals surface area contributed by atoms with Gasteiger partial charge in [-0.15, -0.1) is 35.3 Å². The van der Waals surface area contributed by atoms with Crippen molar-refractivity contribution in [3.63, 3.8) is 0 Å². The summed E-state index contributed by atoms with van der Waals surface area (Å²) in [6.07, 6.45) is 7.01. The maximum absolute atomic E-state index is 12.0. The Kier molecular flexibility index (Phi) is 11.1. The van der Waals surface area contributed by atoms with Crippen LogP contribution in [-0.4, -0.2) is 32.0 Å². The second-order valence-corrected chi connectivity index (χ2v) is 7.80. The molecule has 0 radical (unpaired) electrons. The molecule has 1 heterocycles. The van der Waals surface area contributed by atoms with Crippen molar-refractivity contribution in [1.29, 1.82) is 0 Å². The minimum atomic E-state index is 0. The number of hydrogen-bond acceptors (Lipinski definition) is 3. The van der Waals surface area contributed by atoms with E-state index in [1.807, 2.05) is 0 Å². The molecule has 2 rings (SSSR count). The van der Waals surface area contributed by atoms with Gasteiger partial charge < -0.3 is 16.0 Å². The molecule has 25 heavy (non-hydrogen) atoms. The van der Waals surface area contributed by atoms with Gasteiger partial charge in [-0.05, 0) is 37.8 Å². The molecule has 0 atom stereocenters. The third-order valence-electron chi connectivity index (χ3n) is 4.39. The van der Waals surface area contributed by atoms with E-state index in [2.05, 4.69) is 40.0 Å². The molecule has 5 nitrogen and oxygen atoms in total. The topological polar surface area (TPSA) is 65.5 Å². The lowest BCUT2D eigenvalue weighted by Gasteiger charge is -2.20. The van der Waals surface area contributed by atoms with Crippen LogP contribution in [0.4, 0.5) is 0 Å². The molecular weight excluding hydrogens is 447 g/mol. The number of carbonyl (C=O) groups excluding carboxylic acids is 1. The van der Waals surface area contributed by atoms with Gasteiger partial charge in [0.05, 0.1) is 6.54 Å². The average molecular weight is 478 g/mol. The number of thiophene rings is 1. The molecule has 1 aromatic heterocycles. The van der Waals surface area contributed by atoms with Crippen molar-refractivity contribution in [3.8, 4) is 0 Å². The van der Waals surface area contributed by atoms with Crippen LogP contribution in [0.3, 0.4) is 0 Å². The third-order valence-corrected chi connectivity index (χ3v) is 5.39. The van der Waals surface area contributed by atoms with Gasteiger partial charge in [-0.2, -0.15) is 0 Å². The van der Waals surface area contributed by atoms with Crippen molar-refractivity contribution >= 4 is 47.2 Å². The lowest BCUT2D eigenvalue weighted by atomic mass is 9.87. The molecule has 142 valence electrons. The molecule has 0 saturated heterocycles. The van der Waals surface area contributed by atoms with E-state index in [9.17, 15) is 4.79 Å². The predicted molar refractivity (Wildman–Crippen MR) is 117 cm³/mol. The molecular formula is C18H31IN4OS. The second kappa shape index (κ2) is 12.5. The molecule has 3 N–H and O–H groups in total. The molecule has 0 spiro atoms. The van der Waals surface area contributed by atoms with Gasteiger partial charge >= 0.3 is 0 Å². The van der Waals surface area contributed by atoms with Crippen molar-refractivity contribution in [1.82, 2.24) is 16.0 Å². The molecule has 1 aliphatic carbocycles. The molecule has 0 bridgehead atoms. The van der Waals surface area contributed by atoms with Crippen LogP contribution >= 0.6 is 35.3 Å². The van der Waals surface area contributed by atoms with Crippen LogP contribution in [0.15, 0.2) is 17.1 Å². The lowest BCUT2D eigenvalue weighted by molar-refractivity contribution is -0.122. The van der Waals surface area contributed by atoms with Crippen molar-refractivity contribution in [2.45, 2.75) is 52.0 Å². The fraction of sp³-hybridized carbons (Fsp3) is 0.667. The Morgan fingerprint density at radius 3 is 2.52 bits per heavy atom. The number of aliphatic imine (C=N–C) groups is 1. The first kappa shape index (κ1) is 22.2. The number of amides is 1. The third kappa shape index (κ3) is 8.89. The van der Waals surface area contributed by atoms with Gasteiger partial charge in [0, 0.05) is 36.3 Å². The van der Waals surface area contributed by atoms with Crippen LogP contribution < -0.4 is 16.0 Å². The summed E-state index contributed by atoms with van der Waals surface area (Å²) >= 11 is 1.79. The van der Waals surface area contributed by atoms with E-state index >= 15 is 0 Å². The van der Waals surface area contributed by atoms with Crippen LogP contribution in [0.5, 0.6) is 0 Å². The van der Waals surface area contributed by atoms with E-state index in [-0.39, 0.29) is 29.9 Å². The van der Waals surface area contributed by atoms with Gasteiger partial charge in [-0.3, -0.25) is 9.79 Å². The van der Waals surface area contributed by atoms with E-state index in [4.69, 9.17) is 0 Å². The van der Waals surface area contributed by atoms with Crippen molar-refractivity contribution in [3.05, 3.63) is 21.9 Å². The number of nitrogens with one attached hydrogen (secondary N) is 3. The van der Waals surface area contributed by atoms with E-state index < -0.39 is 0 Å². The van der Waals surface area contributed by atoms with Gasteiger partial charge in [0.25, 0.3) is 0 Å². The zero-order valence-electron chi connectivity index (χ0n) is 15.3.